The van der Waals surface area contributed by atoms with Gasteiger partial charge in [-0.2, -0.15) is 0 Å². The Kier molecular flexibility index (Phi) is 4.38. The van der Waals surface area contributed by atoms with Crippen molar-refractivity contribution in [3.05, 3.63) is 12.2 Å². The van der Waals surface area contributed by atoms with Crippen molar-refractivity contribution >= 4 is 0 Å². The lowest BCUT2D eigenvalue weighted by Gasteiger charge is -2.24. The molecule has 0 unspecified atom stereocenters. The molecule has 1 rings (SSSR count). The molecule has 11 heavy (non-hydrogen) atoms. The molecule has 0 fully saturated rings. The molecule has 66 valence electrons. The summed E-state index contributed by atoms with van der Waals surface area (Å²) in [6, 6.07) is 0.477. The lowest BCUT2D eigenvalue weighted by Crippen LogP contribution is -2.35. The van der Waals surface area contributed by atoms with E-state index in [0.29, 0.717) is 12.1 Å². The van der Waals surface area contributed by atoms with Gasteiger partial charge in [0.25, 0.3) is 0 Å². The van der Waals surface area contributed by atoms with Crippen LogP contribution in [0.25, 0.3) is 0 Å². The molecule has 2 nitrogen and oxygen atoms in total. The van der Waals surface area contributed by atoms with Gasteiger partial charge in [-0.1, -0.05) is 19.6 Å². The topological polar surface area (TPSA) is 12.5 Å². The normalized spacial score (nSPS) is 26.6. The van der Waals surface area contributed by atoms with Crippen LogP contribution in [0.15, 0.2) is 12.2 Å². The molecule has 1 aliphatic heterocycles. The van der Waals surface area contributed by atoms with Crippen LogP contribution >= 0.6 is 0 Å². The number of hydrogen-bond acceptors (Lipinski definition) is 2. The first-order valence-electron chi connectivity index (χ1n) is 3.65. The van der Waals surface area contributed by atoms with E-state index in [2.05, 4.69) is 31.0 Å². The van der Waals surface area contributed by atoms with Gasteiger partial charge < -0.3 is 4.74 Å². The van der Waals surface area contributed by atoms with Gasteiger partial charge in [0.15, 0.2) is 0 Å². The third-order valence-corrected chi connectivity index (χ3v) is 2.09. The maximum absolute atomic E-state index is 5.21. The Bertz CT molecular complexity index is 134. The summed E-state index contributed by atoms with van der Waals surface area (Å²) in [4.78, 5) is 2.27. The summed E-state index contributed by atoms with van der Waals surface area (Å²) in [6.07, 6.45) is 4.69. The quantitative estimate of drug-likeness (QED) is 0.564. The first kappa shape index (κ1) is 10.7. The molecular formula is C9H19NO. The van der Waals surface area contributed by atoms with Crippen molar-refractivity contribution in [3.8, 4) is 0 Å². The molecular weight excluding hydrogens is 138 g/mol. The molecule has 2 atom stereocenters. The highest BCUT2D eigenvalue weighted by molar-refractivity contribution is 5.05. The fraction of sp³-hybridized carbons (Fsp3) is 0.778. The fourth-order valence-corrected chi connectivity index (χ4v) is 1.29. The molecule has 0 aromatic heterocycles. The summed E-state index contributed by atoms with van der Waals surface area (Å²) < 4.78 is 5.21. The Morgan fingerprint density at radius 1 is 1.64 bits per heavy atom. The molecule has 1 aliphatic rings. The smallest absolute Gasteiger partial charge is 0.0734 e. The van der Waals surface area contributed by atoms with Crippen LogP contribution in [0, 0.1) is 0 Å². The van der Waals surface area contributed by atoms with Crippen molar-refractivity contribution < 1.29 is 4.74 Å². The lowest BCUT2D eigenvalue weighted by molar-refractivity contribution is 0.0652. The van der Waals surface area contributed by atoms with E-state index in [1.165, 1.54) is 0 Å². The van der Waals surface area contributed by atoms with E-state index in [1.54, 1.807) is 7.11 Å². The number of hydrogen-bond donors (Lipinski definition) is 0. The standard InChI is InChI=1S/C8H15NO.CH4/c1-7(10-3)8-5-4-6-9(8)2;/h4-5,7-8H,6H2,1-3H3;1H4/t7-,8-;/m0./s1. The molecule has 0 radical (unpaired) electrons. The van der Waals surface area contributed by atoms with Gasteiger partial charge in [-0.15, -0.1) is 0 Å². The van der Waals surface area contributed by atoms with Gasteiger partial charge in [0.1, 0.15) is 0 Å². The van der Waals surface area contributed by atoms with E-state index >= 15 is 0 Å². The highest BCUT2D eigenvalue weighted by atomic mass is 16.5. The average Bonchev–Trinajstić information content (AvgIpc) is 2.34. The second-order valence-electron chi connectivity index (χ2n) is 2.80. The summed E-state index contributed by atoms with van der Waals surface area (Å²) in [5.74, 6) is 0. The fourth-order valence-electron chi connectivity index (χ4n) is 1.29. The lowest BCUT2D eigenvalue weighted by atomic mass is 10.2. The third kappa shape index (κ3) is 2.31. The van der Waals surface area contributed by atoms with Crippen molar-refractivity contribution in [3.63, 3.8) is 0 Å². The third-order valence-electron chi connectivity index (χ3n) is 2.09. The molecule has 0 aromatic rings. The van der Waals surface area contributed by atoms with Gasteiger partial charge in [-0.25, -0.2) is 0 Å². The zero-order valence-corrected chi connectivity index (χ0v) is 6.87. The predicted octanol–water partition coefficient (Wildman–Crippen LogP) is 1.53. The second-order valence-corrected chi connectivity index (χ2v) is 2.80. The zero-order valence-electron chi connectivity index (χ0n) is 6.87. The van der Waals surface area contributed by atoms with E-state index < -0.39 is 0 Å². The van der Waals surface area contributed by atoms with E-state index in [0.717, 1.165) is 6.54 Å². The Morgan fingerprint density at radius 2 is 2.27 bits per heavy atom. The molecule has 0 saturated carbocycles. The van der Waals surface area contributed by atoms with Crippen LogP contribution < -0.4 is 0 Å². The molecule has 0 N–H and O–H groups in total. The highest BCUT2D eigenvalue weighted by Gasteiger charge is 2.21. The Labute approximate surface area is 69.8 Å². The molecule has 0 bridgehead atoms. The van der Waals surface area contributed by atoms with Gasteiger partial charge in [-0.05, 0) is 14.0 Å². The average molecular weight is 157 g/mol. The van der Waals surface area contributed by atoms with Crippen molar-refractivity contribution in [2.24, 2.45) is 0 Å². The van der Waals surface area contributed by atoms with Gasteiger partial charge in [-0.3, -0.25) is 4.90 Å². The van der Waals surface area contributed by atoms with Crippen LogP contribution in [0.1, 0.15) is 14.4 Å². The number of nitrogens with zero attached hydrogens (tertiary/aromatic N) is 1. The van der Waals surface area contributed by atoms with Gasteiger partial charge in [0.05, 0.1) is 12.1 Å². The molecule has 0 spiro atoms. The van der Waals surface area contributed by atoms with Crippen molar-refractivity contribution in [2.45, 2.75) is 26.5 Å². The second kappa shape index (κ2) is 4.52. The molecule has 0 aliphatic carbocycles. The minimum atomic E-state index is 0. The highest BCUT2D eigenvalue weighted by Crippen LogP contribution is 2.12. The summed E-state index contributed by atoms with van der Waals surface area (Å²) in [5, 5.41) is 0. The van der Waals surface area contributed by atoms with Crippen LogP contribution in [0.4, 0.5) is 0 Å². The minimum absolute atomic E-state index is 0. The van der Waals surface area contributed by atoms with Crippen LogP contribution in [0.3, 0.4) is 0 Å². The number of ether oxygens (including phenoxy) is 1. The SMILES string of the molecule is C.CO[C@@H](C)[C@@H]1C=CCN1C. The van der Waals surface area contributed by atoms with Crippen molar-refractivity contribution in [1.29, 1.82) is 0 Å². The van der Waals surface area contributed by atoms with Gasteiger partial charge >= 0.3 is 0 Å². The summed E-state index contributed by atoms with van der Waals surface area (Å²) in [6.45, 7) is 3.15. The van der Waals surface area contributed by atoms with Crippen molar-refractivity contribution in [1.82, 2.24) is 4.90 Å². The van der Waals surface area contributed by atoms with Crippen LogP contribution in [-0.4, -0.2) is 37.7 Å². The molecule has 2 heteroatoms. The molecule has 0 amide bonds. The monoisotopic (exact) mass is 157 g/mol. The molecule has 1 heterocycles. The molecule has 0 saturated heterocycles. The van der Waals surface area contributed by atoms with E-state index in [1.807, 2.05) is 0 Å². The van der Waals surface area contributed by atoms with E-state index in [-0.39, 0.29) is 7.43 Å². The van der Waals surface area contributed by atoms with Gasteiger partial charge in [0, 0.05) is 13.7 Å². The first-order chi connectivity index (χ1) is 4.75. The van der Waals surface area contributed by atoms with E-state index in [4.69, 9.17) is 4.74 Å². The Balaban J connectivity index is 0.000001000. The number of likely N-dealkylation sites (N-methyl/N-ethyl adjacent to an activating group) is 1. The minimum Gasteiger partial charge on any atom is -0.380 e. The Morgan fingerprint density at radius 3 is 2.64 bits per heavy atom. The maximum Gasteiger partial charge on any atom is 0.0734 e. The maximum atomic E-state index is 5.21. The number of rotatable bonds is 2. The summed E-state index contributed by atoms with van der Waals surface area (Å²) in [7, 11) is 3.87. The first-order valence-corrected chi connectivity index (χ1v) is 3.65. The number of methoxy groups -OCH3 is 1. The zero-order chi connectivity index (χ0) is 7.56. The van der Waals surface area contributed by atoms with Crippen LogP contribution in [0.2, 0.25) is 0 Å². The van der Waals surface area contributed by atoms with Crippen molar-refractivity contribution in [2.75, 3.05) is 20.7 Å². The Hall–Kier alpha value is -0.340. The predicted molar refractivity (Wildman–Crippen MR) is 48.8 cm³/mol. The summed E-state index contributed by atoms with van der Waals surface area (Å²) >= 11 is 0. The summed E-state index contributed by atoms with van der Waals surface area (Å²) in [5.41, 5.74) is 0. The molecule has 0 aromatic carbocycles. The van der Waals surface area contributed by atoms with E-state index in [9.17, 15) is 0 Å². The largest absolute Gasteiger partial charge is 0.380 e. The van der Waals surface area contributed by atoms with Crippen LogP contribution in [-0.2, 0) is 4.74 Å². The van der Waals surface area contributed by atoms with Crippen LogP contribution in [0.5, 0.6) is 0 Å². The van der Waals surface area contributed by atoms with Gasteiger partial charge in [0.2, 0.25) is 0 Å².